The summed E-state index contributed by atoms with van der Waals surface area (Å²) in [5.74, 6) is 1.96. The van der Waals surface area contributed by atoms with Crippen molar-refractivity contribution < 1.29 is 4.42 Å². The molecule has 1 atom stereocenters. The maximum Gasteiger partial charge on any atom is 0.194 e. The van der Waals surface area contributed by atoms with Crippen molar-refractivity contribution in [2.45, 2.75) is 38.8 Å². The summed E-state index contributed by atoms with van der Waals surface area (Å²) < 4.78 is 7.59. The van der Waals surface area contributed by atoms with Gasteiger partial charge in [0.25, 0.3) is 0 Å². The fourth-order valence-electron chi connectivity index (χ4n) is 3.64. The summed E-state index contributed by atoms with van der Waals surface area (Å²) in [4.78, 5) is 7.19. The third kappa shape index (κ3) is 4.68. The molecule has 1 aliphatic rings. The number of halogens is 1. The second-order valence-corrected chi connectivity index (χ2v) is 7.37. The van der Waals surface area contributed by atoms with Crippen LogP contribution in [0, 0.1) is 0 Å². The van der Waals surface area contributed by atoms with Crippen molar-refractivity contribution in [1.82, 2.24) is 20.0 Å². The first-order valence-electron chi connectivity index (χ1n) is 9.71. The number of benzene rings is 1. The molecule has 1 unspecified atom stereocenters. The fourth-order valence-corrected chi connectivity index (χ4v) is 3.64. The SMILES string of the molecule is CC(C)NC(=NCCc1ccco1)N1CCC(n2ncc3ccccc32)C1.I. The molecule has 0 radical (unpaired) electrons. The van der Waals surface area contributed by atoms with Gasteiger partial charge in [-0.2, -0.15) is 5.10 Å². The van der Waals surface area contributed by atoms with Crippen molar-refractivity contribution in [3.8, 4) is 0 Å². The van der Waals surface area contributed by atoms with E-state index in [9.17, 15) is 0 Å². The minimum absolute atomic E-state index is 0. The van der Waals surface area contributed by atoms with Crippen molar-refractivity contribution in [1.29, 1.82) is 0 Å². The summed E-state index contributed by atoms with van der Waals surface area (Å²) >= 11 is 0. The zero-order valence-electron chi connectivity index (χ0n) is 16.4. The molecule has 3 heterocycles. The highest BCUT2D eigenvalue weighted by molar-refractivity contribution is 14.0. The summed E-state index contributed by atoms with van der Waals surface area (Å²) in [6.07, 6.45) is 5.56. The maximum absolute atomic E-state index is 5.41. The van der Waals surface area contributed by atoms with Crippen molar-refractivity contribution in [3.05, 3.63) is 54.6 Å². The summed E-state index contributed by atoms with van der Waals surface area (Å²) in [5.41, 5.74) is 1.21. The molecule has 150 valence electrons. The lowest BCUT2D eigenvalue weighted by Crippen LogP contribution is -2.43. The average molecular weight is 493 g/mol. The van der Waals surface area contributed by atoms with Gasteiger partial charge in [-0.25, -0.2) is 0 Å². The first-order chi connectivity index (χ1) is 13.2. The minimum Gasteiger partial charge on any atom is -0.469 e. The summed E-state index contributed by atoms with van der Waals surface area (Å²) in [6, 6.07) is 13.0. The van der Waals surface area contributed by atoms with Crippen LogP contribution >= 0.6 is 24.0 Å². The van der Waals surface area contributed by atoms with E-state index in [1.54, 1.807) is 6.26 Å². The van der Waals surface area contributed by atoms with Gasteiger partial charge < -0.3 is 14.6 Å². The van der Waals surface area contributed by atoms with E-state index in [1.807, 2.05) is 18.3 Å². The number of nitrogens with zero attached hydrogens (tertiary/aromatic N) is 4. The molecule has 3 aromatic rings. The van der Waals surface area contributed by atoms with Crippen LogP contribution in [0.2, 0.25) is 0 Å². The molecule has 2 aromatic heterocycles. The van der Waals surface area contributed by atoms with E-state index in [1.165, 1.54) is 10.9 Å². The Hall–Kier alpha value is -2.03. The molecule has 6 nitrogen and oxygen atoms in total. The van der Waals surface area contributed by atoms with Crippen molar-refractivity contribution in [2.75, 3.05) is 19.6 Å². The van der Waals surface area contributed by atoms with Gasteiger partial charge in [0.15, 0.2) is 5.96 Å². The van der Waals surface area contributed by atoms with E-state index in [0.717, 1.165) is 37.7 Å². The van der Waals surface area contributed by atoms with E-state index in [4.69, 9.17) is 9.41 Å². The summed E-state index contributed by atoms with van der Waals surface area (Å²) in [6.45, 7) is 6.92. The van der Waals surface area contributed by atoms with E-state index in [-0.39, 0.29) is 24.0 Å². The molecule has 1 aromatic carbocycles. The van der Waals surface area contributed by atoms with Crippen LogP contribution < -0.4 is 5.32 Å². The van der Waals surface area contributed by atoms with Crippen LogP contribution in [0.4, 0.5) is 0 Å². The molecule has 0 spiro atoms. The Kier molecular flexibility index (Phi) is 6.98. The quantitative estimate of drug-likeness (QED) is 0.331. The Bertz CT molecular complexity index is 903. The number of hydrogen-bond acceptors (Lipinski definition) is 3. The minimum atomic E-state index is 0. The number of nitrogens with one attached hydrogen (secondary N) is 1. The predicted octanol–water partition coefficient (Wildman–Crippen LogP) is 4.09. The second kappa shape index (κ2) is 9.45. The van der Waals surface area contributed by atoms with Gasteiger partial charge in [-0.15, -0.1) is 24.0 Å². The van der Waals surface area contributed by atoms with Gasteiger partial charge in [0.05, 0.1) is 24.0 Å². The molecule has 0 aliphatic carbocycles. The number of fused-ring (bicyclic) bond motifs is 1. The lowest BCUT2D eigenvalue weighted by molar-refractivity contribution is 0.434. The number of para-hydroxylation sites is 1. The van der Waals surface area contributed by atoms with Crippen molar-refractivity contribution in [3.63, 3.8) is 0 Å². The fraction of sp³-hybridized carbons (Fsp3) is 0.429. The second-order valence-electron chi connectivity index (χ2n) is 7.37. The number of hydrogen-bond donors (Lipinski definition) is 1. The van der Waals surface area contributed by atoms with Gasteiger partial charge in [-0.1, -0.05) is 18.2 Å². The Morgan fingerprint density at radius 1 is 1.29 bits per heavy atom. The lowest BCUT2D eigenvalue weighted by Gasteiger charge is -2.24. The lowest BCUT2D eigenvalue weighted by atomic mass is 10.2. The van der Waals surface area contributed by atoms with Crippen LogP contribution in [0.5, 0.6) is 0 Å². The van der Waals surface area contributed by atoms with Crippen LogP contribution in [0.25, 0.3) is 10.9 Å². The van der Waals surface area contributed by atoms with Gasteiger partial charge >= 0.3 is 0 Å². The Morgan fingerprint density at radius 3 is 2.93 bits per heavy atom. The maximum atomic E-state index is 5.41. The first kappa shape index (κ1) is 20.7. The van der Waals surface area contributed by atoms with Gasteiger partial charge in [0.1, 0.15) is 5.76 Å². The normalized spacial score (nSPS) is 17.3. The van der Waals surface area contributed by atoms with Gasteiger partial charge in [0.2, 0.25) is 0 Å². The molecule has 0 bridgehead atoms. The van der Waals surface area contributed by atoms with E-state index in [0.29, 0.717) is 18.6 Å². The van der Waals surface area contributed by atoms with Crippen LogP contribution in [-0.4, -0.2) is 46.3 Å². The first-order valence-corrected chi connectivity index (χ1v) is 9.71. The Balaban J connectivity index is 0.00000225. The number of rotatable bonds is 5. The van der Waals surface area contributed by atoms with E-state index >= 15 is 0 Å². The Morgan fingerprint density at radius 2 is 2.14 bits per heavy atom. The molecule has 1 N–H and O–H groups in total. The summed E-state index contributed by atoms with van der Waals surface area (Å²) in [5, 5.41) is 9.36. The highest BCUT2D eigenvalue weighted by atomic mass is 127. The summed E-state index contributed by atoms with van der Waals surface area (Å²) in [7, 11) is 0. The molecule has 0 amide bonds. The topological polar surface area (TPSA) is 58.6 Å². The standard InChI is InChI=1S/C21H27N5O.HI/c1-16(2)24-21(22-11-9-19-7-5-13-27-19)25-12-10-18(15-25)26-20-8-4-3-6-17(20)14-23-26;/h3-8,13-14,16,18H,9-12,15H2,1-2H3,(H,22,24);1H. The smallest absolute Gasteiger partial charge is 0.194 e. The molecular formula is C21H28IN5O. The number of guanidine groups is 1. The third-order valence-electron chi connectivity index (χ3n) is 4.93. The van der Waals surface area contributed by atoms with Gasteiger partial charge in [0, 0.05) is 37.5 Å². The van der Waals surface area contributed by atoms with Crippen LogP contribution in [0.1, 0.15) is 32.1 Å². The highest BCUT2D eigenvalue weighted by Gasteiger charge is 2.28. The number of likely N-dealkylation sites (tertiary alicyclic amines) is 1. The number of furan rings is 1. The van der Waals surface area contributed by atoms with Gasteiger partial charge in [-0.05, 0) is 38.5 Å². The largest absolute Gasteiger partial charge is 0.469 e. The highest BCUT2D eigenvalue weighted by Crippen LogP contribution is 2.25. The van der Waals surface area contributed by atoms with E-state index in [2.05, 4.69) is 58.1 Å². The van der Waals surface area contributed by atoms with Crippen LogP contribution in [-0.2, 0) is 6.42 Å². The molecule has 1 aliphatic heterocycles. The van der Waals surface area contributed by atoms with Crippen molar-refractivity contribution >= 4 is 40.8 Å². The van der Waals surface area contributed by atoms with Crippen molar-refractivity contribution in [2.24, 2.45) is 4.99 Å². The molecule has 1 saturated heterocycles. The molecule has 28 heavy (non-hydrogen) atoms. The average Bonchev–Trinajstić information content (AvgIpc) is 3.40. The zero-order valence-corrected chi connectivity index (χ0v) is 18.7. The Labute approximate surface area is 183 Å². The van der Waals surface area contributed by atoms with Crippen LogP contribution in [0.3, 0.4) is 0 Å². The molecule has 4 rings (SSSR count). The van der Waals surface area contributed by atoms with Gasteiger partial charge in [-0.3, -0.25) is 9.67 Å². The number of aromatic nitrogens is 2. The predicted molar refractivity (Wildman–Crippen MR) is 123 cm³/mol. The van der Waals surface area contributed by atoms with E-state index < -0.39 is 0 Å². The zero-order chi connectivity index (χ0) is 18.6. The third-order valence-corrected chi connectivity index (χ3v) is 4.93. The molecule has 1 fully saturated rings. The molecular weight excluding hydrogens is 465 g/mol. The number of aliphatic imine (C=N–C) groups is 1. The molecule has 7 heteroatoms. The monoisotopic (exact) mass is 493 g/mol. The molecule has 0 saturated carbocycles. The van der Waals surface area contributed by atoms with Crippen LogP contribution in [0.15, 0.2) is 58.3 Å².